The van der Waals surface area contributed by atoms with Gasteiger partial charge in [0.1, 0.15) is 0 Å². The van der Waals surface area contributed by atoms with E-state index in [0.29, 0.717) is 23.8 Å². The van der Waals surface area contributed by atoms with E-state index in [4.69, 9.17) is 0 Å². The first-order valence-electron chi connectivity index (χ1n) is 8.78. The van der Waals surface area contributed by atoms with Gasteiger partial charge >= 0.3 is 0 Å². The molecule has 0 saturated heterocycles. The van der Waals surface area contributed by atoms with Crippen LogP contribution < -0.4 is 5.32 Å². The Hall–Kier alpha value is -2.07. The number of aryl methyl sites for hydroxylation is 1. The number of rotatable bonds is 7. The zero-order chi connectivity index (χ0) is 20.3. The van der Waals surface area contributed by atoms with Crippen molar-refractivity contribution in [1.29, 1.82) is 0 Å². The van der Waals surface area contributed by atoms with Crippen molar-refractivity contribution < 1.29 is 13.2 Å². The van der Waals surface area contributed by atoms with Crippen molar-refractivity contribution >= 4 is 43.7 Å². The molecule has 1 N–H and O–H groups in total. The van der Waals surface area contributed by atoms with Crippen molar-refractivity contribution in [2.45, 2.75) is 25.7 Å². The third-order valence-electron chi connectivity index (χ3n) is 4.27. The van der Waals surface area contributed by atoms with Crippen LogP contribution in [0.2, 0.25) is 0 Å². The average Bonchev–Trinajstić information content (AvgIpc) is 3.34. The van der Waals surface area contributed by atoms with E-state index in [1.165, 1.54) is 21.7 Å². The summed E-state index contributed by atoms with van der Waals surface area (Å²) in [4.78, 5) is 18.3. The van der Waals surface area contributed by atoms with E-state index in [9.17, 15) is 13.2 Å². The molecule has 0 saturated carbocycles. The Morgan fingerprint density at radius 3 is 2.57 bits per heavy atom. The van der Waals surface area contributed by atoms with Gasteiger partial charge in [0.25, 0.3) is 5.91 Å². The number of nitrogens with one attached hydrogen (secondary N) is 1. The summed E-state index contributed by atoms with van der Waals surface area (Å²) in [5.41, 5.74) is 1.70. The second kappa shape index (κ2) is 8.52. The van der Waals surface area contributed by atoms with Crippen molar-refractivity contribution in [1.82, 2.24) is 9.29 Å². The van der Waals surface area contributed by atoms with Crippen molar-refractivity contribution in [3.63, 3.8) is 0 Å². The standard InChI is InChI=1S/C19H21N3O3S3/c1-4-22(5-2)28(24,25)17-11-14(9-8-13(17)3)18(23)21-19-20-15(12-27-19)16-7-6-10-26-16/h6-12H,4-5H2,1-3H3,(H,20,21,23). The van der Waals surface area contributed by atoms with Crippen LogP contribution >= 0.6 is 22.7 Å². The molecule has 0 aliphatic rings. The zero-order valence-electron chi connectivity index (χ0n) is 15.8. The van der Waals surface area contributed by atoms with Crippen LogP contribution in [0.3, 0.4) is 0 Å². The Morgan fingerprint density at radius 2 is 1.93 bits per heavy atom. The first kappa shape index (κ1) is 20.7. The second-order valence-corrected chi connectivity index (χ2v) is 9.75. The molecule has 0 unspecified atom stereocenters. The molecule has 9 heteroatoms. The summed E-state index contributed by atoms with van der Waals surface area (Å²) in [6.45, 7) is 6.06. The van der Waals surface area contributed by atoms with Crippen molar-refractivity contribution in [2.75, 3.05) is 18.4 Å². The molecule has 6 nitrogen and oxygen atoms in total. The van der Waals surface area contributed by atoms with Gasteiger partial charge in [0, 0.05) is 24.0 Å². The Morgan fingerprint density at radius 1 is 1.18 bits per heavy atom. The molecule has 0 spiro atoms. The van der Waals surface area contributed by atoms with Crippen LogP contribution in [0.5, 0.6) is 0 Å². The predicted molar refractivity (Wildman–Crippen MR) is 115 cm³/mol. The fourth-order valence-corrected chi connectivity index (χ4v) is 5.93. The van der Waals surface area contributed by atoms with E-state index in [-0.39, 0.29) is 16.4 Å². The second-order valence-electron chi connectivity index (χ2n) is 6.04. The average molecular weight is 436 g/mol. The summed E-state index contributed by atoms with van der Waals surface area (Å²) in [5.74, 6) is -0.386. The Balaban J connectivity index is 1.85. The van der Waals surface area contributed by atoms with Gasteiger partial charge in [0.2, 0.25) is 10.0 Å². The molecule has 0 aliphatic heterocycles. The first-order valence-corrected chi connectivity index (χ1v) is 12.0. The SMILES string of the molecule is CCN(CC)S(=O)(=O)c1cc(C(=O)Nc2nc(-c3cccs3)cs2)ccc1C. The lowest BCUT2D eigenvalue weighted by Crippen LogP contribution is -2.31. The summed E-state index contributed by atoms with van der Waals surface area (Å²) >= 11 is 2.91. The third kappa shape index (κ3) is 4.17. The highest BCUT2D eigenvalue weighted by Crippen LogP contribution is 2.29. The Bertz CT molecular complexity index is 1070. The van der Waals surface area contributed by atoms with E-state index < -0.39 is 10.0 Å². The summed E-state index contributed by atoms with van der Waals surface area (Å²) in [6, 6.07) is 8.63. The van der Waals surface area contributed by atoms with E-state index in [1.54, 1.807) is 44.2 Å². The zero-order valence-corrected chi connectivity index (χ0v) is 18.2. The van der Waals surface area contributed by atoms with Crippen molar-refractivity contribution in [3.8, 4) is 10.6 Å². The van der Waals surface area contributed by atoms with E-state index in [1.807, 2.05) is 22.9 Å². The number of nitrogens with zero attached hydrogens (tertiary/aromatic N) is 2. The maximum atomic E-state index is 12.9. The normalized spacial score (nSPS) is 11.7. The van der Waals surface area contributed by atoms with Crippen LogP contribution in [0.25, 0.3) is 10.6 Å². The molecule has 28 heavy (non-hydrogen) atoms. The number of amides is 1. The molecule has 1 aromatic carbocycles. The van der Waals surface area contributed by atoms with Crippen LogP contribution in [-0.2, 0) is 10.0 Å². The molecule has 3 aromatic rings. The number of carbonyl (C=O) groups excluding carboxylic acids is 1. The number of anilines is 1. The van der Waals surface area contributed by atoms with Gasteiger partial charge in [0.15, 0.2) is 5.13 Å². The Labute approximate surface area is 172 Å². The smallest absolute Gasteiger partial charge is 0.257 e. The molecular weight excluding hydrogens is 414 g/mol. The minimum absolute atomic E-state index is 0.155. The number of hydrogen-bond acceptors (Lipinski definition) is 6. The third-order valence-corrected chi connectivity index (χ3v) is 8.11. The van der Waals surface area contributed by atoms with Gasteiger partial charge in [0.05, 0.1) is 15.5 Å². The summed E-state index contributed by atoms with van der Waals surface area (Å²) in [7, 11) is -3.64. The van der Waals surface area contributed by atoms with Crippen LogP contribution in [-0.4, -0.2) is 36.7 Å². The van der Waals surface area contributed by atoms with Crippen LogP contribution in [0.1, 0.15) is 29.8 Å². The lowest BCUT2D eigenvalue weighted by Gasteiger charge is -2.20. The number of carbonyl (C=O) groups is 1. The molecule has 1 amide bonds. The molecular formula is C19H21N3O3S3. The topological polar surface area (TPSA) is 79.4 Å². The maximum absolute atomic E-state index is 12.9. The molecule has 0 aliphatic carbocycles. The van der Waals surface area contributed by atoms with Gasteiger partial charge in [-0.15, -0.1) is 22.7 Å². The number of aromatic nitrogens is 1. The van der Waals surface area contributed by atoms with Gasteiger partial charge in [-0.25, -0.2) is 13.4 Å². The fourth-order valence-electron chi connectivity index (χ4n) is 2.76. The molecule has 148 valence electrons. The molecule has 3 rings (SSSR count). The number of hydrogen-bond donors (Lipinski definition) is 1. The van der Waals surface area contributed by atoms with Gasteiger partial charge in [-0.05, 0) is 36.1 Å². The minimum Gasteiger partial charge on any atom is -0.298 e. The molecule has 0 fully saturated rings. The molecule has 2 heterocycles. The lowest BCUT2D eigenvalue weighted by atomic mass is 10.1. The number of thiazole rings is 1. The Kier molecular flexibility index (Phi) is 6.29. The van der Waals surface area contributed by atoms with Crippen LogP contribution in [0, 0.1) is 6.92 Å². The first-order chi connectivity index (χ1) is 13.4. The number of thiophene rings is 1. The van der Waals surface area contributed by atoms with Gasteiger partial charge < -0.3 is 0 Å². The van der Waals surface area contributed by atoms with Gasteiger partial charge in [-0.3, -0.25) is 10.1 Å². The molecule has 0 atom stereocenters. The summed E-state index contributed by atoms with van der Waals surface area (Å²) in [6.07, 6.45) is 0. The largest absolute Gasteiger partial charge is 0.298 e. The van der Waals surface area contributed by atoms with E-state index in [2.05, 4.69) is 10.3 Å². The fraction of sp³-hybridized carbons (Fsp3) is 0.263. The molecule has 0 radical (unpaired) electrons. The minimum atomic E-state index is -3.64. The van der Waals surface area contributed by atoms with E-state index in [0.717, 1.165) is 10.6 Å². The monoisotopic (exact) mass is 435 g/mol. The quantitative estimate of drug-likeness (QED) is 0.594. The summed E-state index contributed by atoms with van der Waals surface area (Å²) in [5, 5.41) is 7.09. The van der Waals surface area contributed by atoms with Crippen molar-refractivity contribution in [3.05, 3.63) is 52.2 Å². The molecule has 0 bridgehead atoms. The van der Waals surface area contributed by atoms with Crippen molar-refractivity contribution in [2.24, 2.45) is 0 Å². The number of sulfonamides is 1. The highest BCUT2D eigenvalue weighted by atomic mass is 32.2. The predicted octanol–water partition coefficient (Wildman–Crippen LogP) is 4.46. The summed E-state index contributed by atoms with van der Waals surface area (Å²) < 4.78 is 27.1. The van der Waals surface area contributed by atoms with E-state index >= 15 is 0 Å². The van der Waals surface area contributed by atoms with Crippen LogP contribution in [0.15, 0.2) is 46.0 Å². The maximum Gasteiger partial charge on any atom is 0.257 e. The highest BCUT2D eigenvalue weighted by Gasteiger charge is 2.25. The van der Waals surface area contributed by atoms with Gasteiger partial charge in [-0.1, -0.05) is 26.0 Å². The molecule has 2 aromatic heterocycles. The van der Waals surface area contributed by atoms with Gasteiger partial charge in [-0.2, -0.15) is 4.31 Å². The lowest BCUT2D eigenvalue weighted by molar-refractivity contribution is 0.102. The number of benzene rings is 1. The van der Waals surface area contributed by atoms with Crippen LogP contribution in [0.4, 0.5) is 5.13 Å². The highest BCUT2D eigenvalue weighted by molar-refractivity contribution is 7.89.